The molecule has 1 amide bonds. The van der Waals surface area contributed by atoms with Gasteiger partial charge < -0.3 is 9.64 Å². The number of aromatic nitrogens is 1. The quantitative estimate of drug-likeness (QED) is 0.752. The van der Waals surface area contributed by atoms with Crippen LogP contribution in [0.4, 0.5) is 0 Å². The van der Waals surface area contributed by atoms with Crippen molar-refractivity contribution in [1.82, 2.24) is 9.88 Å². The Bertz CT molecular complexity index is 406. The van der Waals surface area contributed by atoms with Crippen molar-refractivity contribution >= 4 is 6.41 Å². The zero-order chi connectivity index (χ0) is 12.3. The van der Waals surface area contributed by atoms with Gasteiger partial charge in [-0.1, -0.05) is 0 Å². The third kappa shape index (κ3) is 2.40. The summed E-state index contributed by atoms with van der Waals surface area (Å²) >= 11 is 0. The summed E-state index contributed by atoms with van der Waals surface area (Å²) in [5.74, 6) is 0.625. The molecule has 1 aliphatic rings. The predicted molar refractivity (Wildman–Crippen MR) is 64.9 cm³/mol. The maximum Gasteiger partial charge on any atom is 0.213 e. The van der Waals surface area contributed by atoms with Crippen molar-refractivity contribution < 1.29 is 9.53 Å². The summed E-state index contributed by atoms with van der Waals surface area (Å²) in [7, 11) is 1.61. The monoisotopic (exact) mass is 234 g/mol. The summed E-state index contributed by atoms with van der Waals surface area (Å²) in [6.45, 7) is 2.89. The van der Waals surface area contributed by atoms with Crippen molar-refractivity contribution in [2.75, 3.05) is 13.7 Å². The highest BCUT2D eigenvalue weighted by Gasteiger charge is 2.24. The van der Waals surface area contributed by atoms with Crippen molar-refractivity contribution in [1.29, 1.82) is 0 Å². The molecular formula is C13H18N2O2. The van der Waals surface area contributed by atoms with Crippen LogP contribution in [0.2, 0.25) is 0 Å². The Morgan fingerprint density at radius 3 is 3.00 bits per heavy atom. The van der Waals surface area contributed by atoms with Gasteiger partial charge in [-0.15, -0.1) is 0 Å². The predicted octanol–water partition coefficient (Wildman–Crippen LogP) is 2.08. The SMILES string of the molecule is COc1cc(C)c(C2CCCCN2C=O)cn1. The van der Waals surface area contributed by atoms with Gasteiger partial charge in [0.2, 0.25) is 12.3 Å². The molecule has 2 rings (SSSR count). The minimum atomic E-state index is 0.180. The van der Waals surface area contributed by atoms with Crippen LogP contribution in [0, 0.1) is 6.92 Å². The van der Waals surface area contributed by atoms with E-state index in [1.54, 1.807) is 7.11 Å². The molecule has 0 spiro atoms. The number of hydrogen-bond acceptors (Lipinski definition) is 3. The van der Waals surface area contributed by atoms with Crippen LogP contribution >= 0.6 is 0 Å². The van der Waals surface area contributed by atoms with E-state index in [2.05, 4.69) is 4.98 Å². The zero-order valence-electron chi connectivity index (χ0n) is 10.3. The van der Waals surface area contributed by atoms with Crippen LogP contribution in [0.5, 0.6) is 5.88 Å². The summed E-state index contributed by atoms with van der Waals surface area (Å²) in [6.07, 6.45) is 6.07. The fourth-order valence-electron chi connectivity index (χ4n) is 2.42. The topological polar surface area (TPSA) is 42.4 Å². The molecule has 0 N–H and O–H groups in total. The number of likely N-dealkylation sites (tertiary alicyclic amines) is 1. The minimum Gasteiger partial charge on any atom is -0.481 e. The third-order valence-corrected chi connectivity index (χ3v) is 3.37. The smallest absolute Gasteiger partial charge is 0.213 e. The fourth-order valence-corrected chi connectivity index (χ4v) is 2.42. The summed E-state index contributed by atoms with van der Waals surface area (Å²) < 4.78 is 5.10. The van der Waals surface area contributed by atoms with Gasteiger partial charge in [0.25, 0.3) is 0 Å². The van der Waals surface area contributed by atoms with Crippen molar-refractivity contribution in [2.24, 2.45) is 0 Å². The molecule has 1 unspecified atom stereocenters. The molecule has 92 valence electrons. The van der Waals surface area contributed by atoms with Crippen LogP contribution < -0.4 is 4.74 Å². The standard InChI is InChI=1S/C13H18N2O2/c1-10-7-13(17-2)14-8-11(10)12-5-3-4-6-15(12)9-16/h7-9,12H,3-6H2,1-2H3. The van der Waals surface area contributed by atoms with Crippen molar-refractivity contribution in [3.63, 3.8) is 0 Å². The molecule has 4 nitrogen and oxygen atoms in total. The Kier molecular flexibility index (Phi) is 3.61. The average molecular weight is 234 g/mol. The van der Waals surface area contributed by atoms with E-state index in [4.69, 9.17) is 4.74 Å². The van der Waals surface area contributed by atoms with Gasteiger partial charge in [0.1, 0.15) is 0 Å². The third-order valence-electron chi connectivity index (χ3n) is 3.37. The summed E-state index contributed by atoms with van der Waals surface area (Å²) in [5, 5.41) is 0. The number of pyridine rings is 1. The van der Waals surface area contributed by atoms with Gasteiger partial charge in [-0.2, -0.15) is 0 Å². The Labute approximate surface area is 102 Å². The van der Waals surface area contributed by atoms with Crippen LogP contribution in [-0.4, -0.2) is 29.9 Å². The first kappa shape index (κ1) is 11.9. The Morgan fingerprint density at radius 2 is 2.35 bits per heavy atom. The highest BCUT2D eigenvalue weighted by Crippen LogP contribution is 2.32. The Balaban J connectivity index is 2.28. The molecule has 4 heteroatoms. The highest BCUT2D eigenvalue weighted by atomic mass is 16.5. The number of ether oxygens (including phenoxy) is 1. The van der Waals surface area contributed by atoms with Gasteiger partial charge in [-0.3, -0.25) is 4.79 Å². The molecule has 1 aromatic rings. The van der Waals surface area contributed by atoms with E-state index in [0.29, 0.717) is 5.88 Å². The molecule has 0 saturated carbocycles. The van der Waals surface area contributed by atoms with Gasteiger partial charge in [-0.25, -0.2) is 4.98 Å². The van der Waals surface area contributed by atoms with E-state index < -0.39 is 0 Å². The van der Waals surface area contributed by atoms with Gasteiger partial charge in [0.15, 0.2) is 0 Å². The first-order chi connectivity index (χ1) is 8.26. The number of aryl methyl sites for hydroxylation is 1. The largest absolute Gasteiger partial charge is 0.481 e. The second kappa shape index (κ2) is 5.17. The Morgan fingerprint density at radius 1 is 1.53 bits per heavy atom. The minimum absolute atomic E-state index is 0.180. The fraction of sp³-hybridized carbons (Fsp3) is 0.538. The van der Waals surface area contributed by atoms with Crippen molar-refractivity contribution in [2.45, 2.75) is 32.2 Å². The van der Waals surface area contributed by atoms with Crippen molar-refractivity contribution in [3.05, 3.63) is 23.4 Å². The lowest BCUT2D eigenvalue weighted by Crippen LogP contribution is -2.32. The molecule has 1 atom stereocenters. The average Bonchev–Trinajstić information content (AvgIpc) is 2.38. The number of carbonyl (C=O) groups excluding carboxylic acids is 1. The van der Waals surface area contributed by atoms with E-state index in [1.807, 2.05) is 24.1 Å². The molecule has 1 aliphatic heterocycles. The number of carbonyl (C=O) groups is 1. The van der Waals surface area contributed by atoms with E-state index in [0.717, 1.165) is 36.9 Å². The van der Waals surface area contributed by atoms with Gasteiger partial charge >= 0.3 is 0 Å². The number of hydrogen-bond donors (Lipinski definition) is 0. The Hall–Kier alpha value is -1.58. The molecule has 17 heavy (non-hydrogen) atoms. The van der Waals surface area contributed by atoms with Gasteiger partial charge in [0.05, 0.1) is 13.2 Å². The van der Waals surface area contributed by atoms with Gasteiger partial charge in [-0.05, 0) is 37.3 Å². The lowest BCUT2D eigenvalue weighted by molar-refractivity contribution is -0.121. The number of amides is 1. The summed E-state index contributed by atoms with van der Waals surface area (Å²) in [4.78, 5) is 17.2. The van der Waals surface area contributed by atoms with Crippen LogP contribution in [0.25, 0.3) is 0 Å². The second-order valence-corrected chi connectivity index (χ2v) is 4.44. The van der Waals surface area contributed by atoms with E-state index >= 15 is 0 Å². The molecule has 0 radical (unpaired) electrons. The number of rotatable bonds is 3. The van der Waals surface area contributed by atoms with Crippen LogP contribution in [0.15, 0.2) is 12.3 Å². The maximum atomic E-state index is 11.1. The summed E-state index contributed by atoms with van der Waals surface area (Å²) in [5.41, 5.74) is 2.27. The second-order valence-electron chi connectivity index (χ2n) is 4.44. The molecule has 0 bridgehead atoms. The zero-order valence-corrected chi connectivity index (χ0v) is 10.3. The molecule has 1 fully saturated rings. The lowest BCUT2D eigenvalue weighted by Gasteiger charge is -2.33. The van der Waals surface area contributed by atoms with Crippen LogP contribution in [0.1, 0.15) is 36.4 Å². The normalized spacial score (nSPS) is 20.1. The van der Waals surface area contributed by atoms with Crippen LogP contribution in [0.3, 0.4) is 0 Å². The maximum absolute atomic E-state index is 11.1. The van der Waals surface area contributed by atoms with E-state index in [9.17, 15) is 4.79 Å². The first-order valence-electron chi connectivity index (χ1n) is 5.98. The molecule has 1 aromatic heterocycles. The van der Waals surface area contributed by atoms with Crippen molar-refractivity contribution in [3.8, 4) is 5.88 Å². The molecule has 2 heterocycles. The number of methoxy groups -OCH3 is 1. The molecule has 0 aromatic carbocycles. The van der Waals surface area contributed by atoms with E-state index in [-0.39, 0.29) is 6.04 Å². The molecule has 0 aliphatic carbocycles. The van der Waals surface area contributed by atoms with E-state index in [1.165, 1.54) is 6.42 Å². The summed E-state index contributed by atoms with van der Waals surface area (Å²) in [6, 6.07) is 2.10. The first-order valence-corrected chi connectivity index (χ1v) is 5.98. The number of piperidine rings is 1. The van der Waals surface area contributed by atoms with Crippen LogP contribution in [-0.2, 0) is 4.79 Å². The number of nitrogens with zero attached hydrogens (tertiary/aromatic N) is 2. The lowest BCUT2D eigenvalue weighted by atomic mass is 9.94. The van der Waals surface area contributed by atoms with Gasteiger partial charge in [0, 0.05) is 18.8 Å². The molecule has 1 saturated heterocycles. The molecular weight excluding hydrogens is 216 g/mol. The highest BCUT2D eigenvalue weighted by molar-refractivity contribution is 5.49.